The number of para-hydroxylation sites is 2. The van der Waals surface area contributed by atoms with Gasteiger partial charge in [0.15, 0.2) is 0 Å². The van der Waals surface area contributed by atoms with E-state index in [-0.39, 0.29) is 0 Å². The van der Waals surface area contributed by atoms with Crippen molar-refractivity contribution in [3.05, 3.63) is 243 Å². The van der Waals surface area contributed by atoms with Gasteiger partial charge in [0, 0.05) is 59.0 Å². The highest BCUT2D eigenvalue weighted by Crippen LogP contribution is 2.43. The molecule has 0 atom stereocenters. The Morgan fingerprint density at radius 2 is 0.821 bits per heavy atom. The van der Waals surface area contributed by atoms with Gasteiger partial charge in [-0.25, -0.2) is 9.97 Å². The lowest BCUT2D eigenvalue weighted by molar-refractivity contribution is 1.01. The molecule has 13 rings (SSSR count). The van der Waals surface area contributed by atoms with Gasteiger partial charge in [0.05, 0.1) is 22.2 Å². The van der Waals surface area contributed by atoms with Crippen LogP contribution >= 0.6 is 11.3 Å². The third-order valence-electron chi connectivity index (χ3n) is 13.0. The maximum Gasteiger partial charge on any atom is 0.235 e. The zero-order valence-corrected chi connectivity index (χ0v) is 37.1. The Hall–Kier alpha value is -8.64. The van der Waals surface area contributed by atoms with Crippen molar-refractivity contribution in [2.45, 2.75) is 0 Å². The van der Waals surface area contributed by atoms with Gasteiger partial charge in [-0.2, -0.15) is 0 Å². The van der Waals surface area contributed by atoms with Crippen LogP contribution in [0.25, 0.3) is 103 Å². The SMILES string of the molecule is c1ccc(-c2ccc(N(c3ccc(-c4ccccc4)cc3)c3ccc4c(c3)sc3ccc(-c5ccc6c(c5)c5ccccc5n6-c5nc(-c6ccccc6)c6ccccc6n5)cc34)cc2)cc1. The molecule has 314 valence electrons. The fraction of sp³-hybridized carbons (Fsp3) is 0. The highest BCUT2D eigenvalue weighted by Gasteiger charge is 2.19. The lowest BCUT2D eigenvalue weighted by atomic mass is 10.0. The van der Waals surface area contributed by atoms with E-state index in [9.17, 15) is 0 Å². The van der Waals surface area contributed by atoms with Crippen molar-refractivity contribution < 1.29 is 0 Å². The summed E-state index contributed by atoms with van der Waals surface area (Å²) < 4.78 is 4.74. The van der Waals surface area contributed by atoms with Crippen LogP contribution in [0.15, 0.2) is 243 Å². The minimum Gasteiger partial charge on any atom is -0.310 e. The molecule has 0 aliphatic rings. The van der Waals surface area contributed by atoms with E-state index < -0.39 is 0 Å². The molecule has 0 unspecified atom stereocenters. The summed E-state index contributed by atoms with van der Waals surface area (Å²) >= 11 is 1.85. The Bertz CT molecular complexity index is 3870. The lowest BCUT2D eigenvalue weighted by Gasteiger charge is -2.26. The Labute approximate surface area is 391 Å². The van der Waals surface area contributed by atoms with Crippen molar-refractivity contribution >= 4 is 81.3 Å². The molecule has 5 heteroatoms. The van der Waals surface area contributed by atoms with Crippen LogP contribution in [0.4, 0.5) is 17.1 Å². The van der Waals surface area contributed by atoms with Crippen LogP contribution in [-0.4, -0.2) is 14.5 Å². The van der Waals surface area contributed by atoms with Crippen LogP contribution in [0.5, 0.6) is 0 Å². The average molecular weight is 873 g/mol. The molecule has 0 aliphatic heterocycles. The molecule has 0 spiro atoms. The van der Waals surface area contributed by atoms with Crippen molar-refractivity contribution in [2.24, 2.45) is 0 Å². The van der Waals surface area contributed by atoms with Gasteiger partial charge >= 0.3 is 0 Å². The molecule has 4 nitrogen and oxygen atoms in total. The van der Waals surface area contributed by atoms with Crippen LogP contribution in [0.1, 0.15) is 0 Å². The molecule has 67 heavy (non-hydrogen) atoms. The molecule has 0 saturated heterocycles. The zero-order chi connectivity index (χ0) is 44.3. The van der Waals surface area contributed by atoms with Crippen LogP contribution in [0.2, 0.25) is 0 Å². The minimum absolute atomic E-state index is 0.661. The van der Waals surface area contributed by atoms with Gasteiger partial charge in [0.1, 0.15) is 0 Å². The predicted octanol–water partition coefficient (Wildman–Crippen LogP) is 17.2. The Morgan fingerprint density at radius 3 is 1.49 bits per heavy atom. The smallest absolute Gasteiger partial charge is 0.235 e. The quantitative estimate of drug-likeness (QED) is 0.153. The maximum atomic E-state index is 5.28. The van der Waals surface area contributed by atoms with Gasteiger partial charge in [0.25, 0.3) is 0 Å². The molecule has 0 saturated carbocycles. The molecule has 0 bridgehead atoms. The molecule has 3 heterocycles. The summed E-state index contributed by atoms with van der Waals surface area (Å²) in [7, 11) is 0. The van der Waals surface area contributed by atoms with Crippen LogP contribution in [-0.2, 0) is 0 Å². The second kappa shape index (κ2) is 16.1. The van der Waals surface area contributed by atoms with E-state index in [0.717, 1.165) is 50.3 Å². The number of benzene rings is 10. The van der Waals surface area contributed by atoms with Gasteiger partial charge < -0.3 is 4.90 Å². The first-order valence-electron chi connectivity index (χ1n) is 22.6. The van der Waals surface area contributed by atoms with Gasteiger partial charge in [-0.05, 0) is 106 Å². The highest BCUT2D eigenvalue weighted by atomic mass is 32.1. The fourth-order valence-corrected chi connectivity index (χ4v) is 10.9. The third-order valence-corrected chi connectivity index (χ3v) is 14.2. The number of hydrogen-bond acceptors (Lipinski definition) is 4. The number of fused-ring (bicyclic) bond motifs is 7. The van der Waals surface area contributed by atoms with Crippen LogP contribution < -0.4 is 4.90 Å². The second-order valence-corrected chi connectivity index (χ2v) is 18.1. The zero-order valence-electron chi connectivity index (χ0n) is 36.3. The monoisotopic (exact) mass is 872 g/mol. The fourth-order valence-electron chi connectivity index (χ4n) is 9.75. The van der Waals surface area contributed by atoms with Gasteiger partial charge in [-0.3, -0.25) is 4.57 Å². The summed E-state index contributed by atoms with van der Waals surface area (Å²) in [6.45, 7) is 0. The second-order valence-electron chi connectivity index (χ2n) is 17.0. The average Bonchev–Trinajstić information content (AvgIpc) is 3.94. The molecule has 13 aromatic rings. The molecular weight excluding hydrogens is 833 g/mol. The number of rotatable bonds is 8. The summed E-state index contributed by atoms with van der Waals surface area (Å²) in [5.74, 6) is 0.661. The Balaban J connectivity index is 0.894. The van der Waals surface area contributed by atoms with E-state index in [1.54, 1.807) is 0 Å². The first-order valence-corrected chi connectivity index (χ1v) is 23.5. The van der Waals surface area contributed by atoms with E-state index >= 15 is 0 Å². The largest absolute Gasteiger partial charge is 0.310 e. The summed E-state index contributed by atoms with van der Waals surface area (Å²) in [4.78, 5) is 12.8. The topological polar surface area (TPSA) is 34.0 Å². The van der Waals surface area contributed by atoms with Crippen LogP contribution in [0.3, 0.4) is 0 Å². The summed E-state index contributed by atoms with van der Waals surface area (Å²) in [6, 6.07) is 87.0. The maximum absolute atomic E-state index is 5.28. The van der Waals surface area contributed by atoms with Crippen molar-refractivity contribution in [3.8, 4) is 50.6 Å². The Kier molecular flexibility index (Phi) is 9.32. The third kappa shape index (κ3) is 6.84. The molecule has 0 fully saturated rings. The Morgan fingerprint density at radius 1 is 0.313 bits per heavy atom. The normalized spacial score (nSPS) is 11.6. The van der Waals surface area contributed by atoms with Crippen molar-refractivity contribution in [1.29, 1.82) is 0 Å². The molecule has 0 radical (unpaired) electrons. The van der Waals surface area contributed by atoms with Gasteiger partial charge in [0.2, 0.25) is 5.95 Å². The van der Waals surface area contributed by atoms with Crippen molar-refractivity contribution in [2.75, 3.05) is 4.90 Å². The van der Waals surface area contributed by atoms with Crippen molar-refractivity contribution in [3.63, 3.8) is 0 Å². The number of thiophene rings is 1. The van der Waals surface area contributed by atoms with Crippen molar-refractivity contribution in [1.82, 2.24) is 14.5 Å². The number of anilines is 3. The van der Waals surface area contributed by atoms with Crippen LogP contribution in [0, 0.1) is 0 Å². The van der Waals surface area contributed by atoms with Gasteiger partial charge in [-0.1, -0.05) is 170 Å². The number of hydrogen-bond donors (Lipinski definition) is 0. The molecule has 3 aromatic heterocycles. The number of aromatic nitrogens is 3. The van der Waals surface area contributed by atoms with Gasteiger partial charge in [-0.15, -0.1) is 11.3 Å². The molecular formula is C62H40N4S. The summed E-state index contributed by atoms with van der Waals surface area (Å²) in [6.07, 6.45) is 0. The van der Waals surface area contributed by atoms with E-state index in [4.69, 9.17) is 9.97 Å². The minimum atomic E-state index is 0.661. The van der Waals surface area contributed by atoms with E-state index in [0.29, 0.717) is 5.95 Å². The summed E-state index contributed by atoms with van der Waals surface area (Å²) in [5, 5.41) is 5.88. The molecule has 0 amide bonds. The summed E-state index contributed by atoms with van der Waals surface area (Å²) in [5.41, 5.74) is 15.5. The molecule has 10 aromatic carbocycles. The van der Waals surface area contributed by atoms with E-state index in [1.165, 1.54) is 64.3 Å². The first kappa shape index (κ1) is 38.8. The number of nitrogens with zero attached hydrogens (tertiary/aromatic N) is 4. The molecule has 0 N–H and O–H groups in total. The predicted molar refractivity (Wildman–Crippen MR) is 283 cm³/mol. The standard InChI is InChI=1S/C62H40N4S/c1-4-14-41(15-5-1)43-24-30-48(31-25-43)65(49-32-26-44(27-33-49)42-16-6-2-7-17-42)50-34-35-52-55-39-47(29-37-59(55)67-60(52)40-50)46-28-36-58-54(38-46)51-20-11-13-23-57(51)66(58)62-63-56-22-12-10-21-53(56)61(64-62)45-18-8-3-9-19-45/h1-40H. The first-order chi connectivity index (χ1) is 33.2. The van der Waals surface area contributed by atoms with E-state index in [2.05, 4.69) is 240 Å². The molecule has 0 aliphatic carbocycles. The highest BCUT2D eigenvalue weighted by molar-refractivity contribution is 7.25. The van der Waals surface area contributed by atoms with E-state index in [1.807, 2.05) is 23.5 Å². The lowest BCUT2D eigenvalue weighted by Crippen LogP contribution is -2.09.